The molecular formula is C25H21NO4. The SMILES string of the molecule is CCOc1ccc(C(=O)C2C(=O)C(=O)N(c3ccccc3)C2c2ccccc2)cc1. The quantitative estimate of drug-likeness (QED) is 0.353. The Balaban J connectivity index is 1.77. The van der Waals surface area contributed by atoms with Crippen molar-refractivity contribution in [2.24, 2.45) is 5.92 Å². The van der Waals surface area contributed by atoms with E-state index in [9.17, 15) is 14.4 Å². The fraction of sp³-hybridized carbons (Fsp3) is 0.160. The maximum absolute atomic E-state index is 13.4. The minimum absolute atomic E-state index is 0.372. The number of hydrogen-bond acceptors (Lipinski definition) is 4. The summed E-state index contributed by atoms with van der Waals surface area (Å²) < 4.78 is 5.43. The third kappa shape index (κ3) is 3.50. The first-order valence-corrected chi connectivity index (χ1v) is 9.86. The molecule has 30 heavy (non-hydrogen) atoms. The molecule has 0 saturated carbocycles. The predicted octanol–water partition coefficient (Wildman–Crippen LogP) is 4.24. The van der Waals surface area contributed by atoms with E-state index in [0.29, 0.717) is 23.6 Å². The van der Waals surface area contributed by atoms with Crippen LogP contribution in [0.2, 0.25) is 0 Å². The molecule has 0 aliphatic carbocycles. The van der Waals surface area contributed by atoms with E-state index in [2.05, 4.69) is 0 Å². The van der Waals surface area contributed by atoms with Crippen molar-refractivity contribution in [1.82, 2.24) is 0 Å². The second kappa shape index (κ2) is 8.33. The van der Waals surface area contributed by atoms with E-state index in [0.717, 1.165) is 5.56 Å². The van der Waals surface area contributed by atoms with Crippen LogP contribution in [0.5, 0.6) is 5.75 Å². The summed E-state index contributed by atoms with van der Waals surface area (Å²) in [5, 5.41) is 0. The highest BCUT2D eigenvalue weighted by Gasteiger charge is 2.52. The first kappa shape index (κ1) is 19.6. The summed E-state index contributed by atoms with van der Waals surface area (Å²) in [6, 6.07) is 24.2. The lowest BCUT2D eigenvalue weighted by Gasteiger charge is -2.27. The van der Waals surface area contributed by atoms with Crippen LogP contribution in [0, 0.1) is 5.92 Å². The molecular weight excluding hydrogens is 378 g/mol. The number of amides is 1. The Morgan fingerprint density at radius 1 is 0.867 bits per heavy atom. The van der Waals surface area contributed by atoms with Gasteiger partial charge < -0.3 is 4.74 Å². The molecule has 3 aromatic carbocycles. The molecule has 3 aromatic rings. The lowest BCUT2D eigenvalue weighted by molar-refractivity contribution is -0.135. The molecule has 1 saturated heterocycles. The van der Waals surface area contributed by atoms with Gasteiger partial charge in [0.2, 0.25) is 5.78 Å². The average Bonchev–Trinajstić information content (AvgIpc) is 3.06. The zero-order valence-corrected chi connectivity index (χ0v) is 16.5. The number of hydrogen-bond donors (Lipinski definition) is 0. The highest BCUT2D eigenvalue weighted by atomic mass is 16.5. The Labute approximate surface area is 174 Å². The van der Waals surface area contributed by atoms with Gasteiger partial charge in [-0.25, -0.2) is 0 Å². The number of nitrogens with zero attached hydrogens (tertiary/aromatic N) is 1. The van der Waals surface area contributed by atoms with Crippen LogP contribution in [0.4, 0.5) is 5.69 Å². The molecule has 1 aliphatic rings. The number of ketones is 2. The van der Waals surface area contributed by atoms with Gasteiger partial charge in [0, 0.05) is 11.3 Å². The smallest absolute Gasteiger partial charge is 0.295 e. The van der Waals surface area contributed by atoms with Crippen molar-refractivity contribution < 1.29 is 19.1 Å². The summed E-state index contributed by atoms with van der Waals surface area (Å²) >= 11 is 0. The molecule has 5 nitrogen and oxygen atoms in total. The summed E-state index contributed by atoms with van der Waals surface area (Å²) in [5.74, 6) is -2.19. The van der Waals surface area contributed by atoms with Crippen LogP contribution in [-0.4, -0.2) is 24.1 Å². The van der Waals surface area contributed by atoms with Gasteiger partial charge in [0.25, 0.3) is 5.91 Å². The molecule has 2 unspecified atom stereocenters. The van der Waals surface area contributed by atoms with E-state index in [-0.39, 0.29) is 5.78 Å². The van der Waals surface area contributed by atoms with E-state index in [4.69, 9.17) is 4.74 Å². The number of carbonyl (C=O) groups excluding carboxylic acids is 3. The molecule has 1 aliphatic heterocycles. The lowest BCUT2D eigenvalue weighted by atomic mass is 9.86. The summed E-state index contributed by atoms with van der Waals surface area (Å²) in [6.07, 6.45) is 0. The standard InChI is InChI=1S/C25H21NO4/c1-2-30-20-15-13-18(14-16-20)23(27)21-22(17-9-5-3-6-10-17)26(25(29)24(21)28)19-11-7-4-8-12-19/h3-16,21-22H,2H2,1H3. The Bertz CT molecular complexity index is 1060. The van der Waals surface area contributed by atoms with Crippen LogP contribution in [0.25, 0.3) is 0 Å². The van der Waals surface area contributed by atoms with Crippen molar-refractivity contribution in [3.63, 3.8) is 0 Å². The number of rotatable bonds is 6. The highest BCUT2D eigenvalue weighted by molar-refractivity contribution is 6.49. The van der Waals surface area contributed by atoms with Gasteiger partial charge in [-0.2, -0.15) is 0 Å². The van der Waals surface area contributed by atoms with Crippen LogP contribution in [0.1, 0.15) is 28.9 Å². The average molecular weight is 399 g/mol. The topological polar surface area (TPSA) is 63.7 Å². The number of anilines is 1. The maximum Gasteiger partial charge on any atom is 0.295 e. The van der Waals surface area contributed by atoms with Crippen LogP contribution < -0.4 is 9.64 Å². The van der Waals surface area contributed by atoms with E-state index in [1.165, 1.54) is 4.90 Å². The number of carbonyl (C=O) groups is 3. The van der Waals surface area contributed by atoms with Crippen LogP contribution in [-0.2, 0) is 9.59 Å². The molecule has 0 aromatic heterocycles. The largest absolute Gasteiger partial charge is 0.494 e. The van der Waals surface area contributed by atoms with Gasteiger partial charge in [-0.05, 0) is 48.9 Å². The number of Topliss-reactive ketones (excluding diaryl/α,β-unsaturated/α-hetero) is 2. The van der Waals surface area contributed by atoms with Crippen LogP contribution >= 0.6 is 0 Å². The van der Waals surface area contributed by atoms with Gasteiger partial charge >= 0.3 is 0 Å². The Hall–Kier alpha value is -3.73. The molecule has 4 rings (SSSR count). The van der Waals surface area contributed by atoms with Crippen LogP contribution in [0.15, 0.2) is 84.9 Å². The molecule has 1 fully saturated rings. The monoisotopic (exact) mass is 399 g/mol. The molecule has 0 bridgehead atoms. The van der Waals surface area contributed by atoms with Crippen molar-refractivity contribution in [2.75, 3.05) is 11.5 Å². The molecule has 0 spiro atoms. The molecule has 1 amide bonds. The Morgan fingerprint density at radius 2 is 1.47 bits per heavy atom. The minimum Gasteiger partial charge on any atom is -0.494 e. The molecule has 1 heterocycles. The second-order valence-electron chi connectivity index (χ2n) is 7.03. The fourth-order valence-electron chi connectivity index (χ4n) is 3.85. The van der Waals surface area contributed by atoms with Crippen molar-refractivity contribution in [3.05, 3.63) is 96.1 Å². The third-order valence-electron chi connectivity index (χ3n) is 5.21. The maximum atomic E-state index is 13.4. The number of para-hydroxylation sites is 1. The van der Waals surface area contributed by atoms with Gasteiger partial charge in [-0.15, -0.1) is 0 Å². The highest BCUT2D eigenvalue weighted by Crippen LogP contribution is 2.41. The minimum atomic E-state index is -1.11. The summed E-state index contributed by atoms with van der Waals surface area (Å²) in [4.78, 5) is 40.8. The van der Waals surface area contributed by atoms with Crippen molar-refractivity contribution >= 4 is 23.2 Å². The van der Waals surface area contributed by atoms with Gasteiger partial charge in [0.1, 0.15) is 11.7 Å². The number of benzene rings is 3. The first-order chi connectivity index (χ1) is 14.6. The zero-order valence-electron chi connectivity index (χ0n) is 16.5. The van der Waals surface area contributed by atoms with Gasteiger partial charge in [-0.3, -0.25) is 19.3 Å². The van der Waals surface area contributed by atoms with Gasteiger partial charge in [0.15, 0.2) is 5.78 Å². The van der Waals surface area contributed by atoms with Crippen molar-refractivity contribution in [3.8, 4) is 5.75 Å². The Morgan fingerprint density at radius 3 is 2.07 bits per heavy atom. The fourth-order valence-corrected chi connectivity index (χ4v) is 3.85. The molecule has 5 heteroatoms. The normalized spacial score (nSPS) is 18.5. The number of ether oxygens (including phenoxy) is 1. The van der Waals surface area contributed by atoms with E-state index >= 15 is 0 Å². The van der Waals surface area contributed by atoms with Crippen molar-refractivity contribution in [1.29, 1.82) is 0 Å². The zero-order chi connectivity index (χ0) is 21.1. The summed E-state index contributed by atoms with van der Waals surface area (Å²) in [7, 11) is 0. The lowest BCUT2D eigenvalue weighted by Crippen LogP contribution is -2.30. The predicted molar refractivity (Wildman–Crippen MR) is 114 cm³/mol. The van der Waals surface area contributed by atoms with Gasteiger partial charge in [0.05, 0.1) is 12.6 Å². The molecule has 2 atom stereocenters. The first-order valence-electron chi connectivity index (χ1n) is 9.86. The summed E-state index contributed by atoms with van der Waals surface area (Å²) in [6.45, 7) is 2.40. The van der Waals surface area contributed by atoms with Gasteiger partial charge in [-0.1, -0.05) is 48.5 Å². The van der Waals surface area contributed by atoms with E-state index in [1.54, 1.807) is 48.5 Å². The summed E-state index contributed by atoms with van der Waals surface area (Å²) in [5.41, 5.74) is 1.71. The van der Waals surface area contributed by atoms with Crippen LogP contribution in [0.3, 0.4) is 0 Å². The molecule has 0 radical (unpaired) electrons. The second-order valence-corrected chi connectivity index (χ2v) is 7.03. The third-order valence-corrected chi connectivity index (χ3v) is 5.21. The van der Waals surface area contributed by atoms with E-state index in [1.807, 2.05) is 43.3 Å². The molecule has 0 N–H and O–H groups in total. The Kier molecular flexibility index (Phi) is 5.44. The van der Waals surface area contributed by atoms with E-state index < -0.39 is 23.7 Å². The van der Waals surface area contributed by atoms with Crippen molar-refractivity contribution in [2.45, 2.75) is 13.0 Å². The molecule has 150 valence electrons.